The summed E-state index contributed by atoms with van der Waals surface area (Å²) < 4.78 is 19.0. The maximum absolute atomic E-state index is 13.9. The molecule has 0 spiro atoms. The summed E-state index contributed by atoms with van der Waals surface area (Å²) in [6, 6.07) is 2.83. The van der Waals surface area contributed by atoms with Gasteiger partial charge in [-0.1, -0.05) is 19.3 Å². The summed E-state index contributed by atoms with van der Waals surface area (Å²) in [5.74, 6) is 0.0581. The van der Waals surface area contributed by atoms with Gasteiger partial charge in [-0.15, -0.1) is 0 Å². The zero-order valence-corrected chi connectivity index (χ0v) is 11.9. The number of aliphatic hydroxyl groups is 1. The molecule has 0 aromatic heterocycles. The average molecular weight is 282 g/mol. The van der Waals surface area contributed by atoms with Crippen LogP contribution in [0.25, 0.3) is 0 Å². The van der Waals surface area contributed by atoms with E-state index in [1.54, 1.807) is 6.07 Å². The highest BCUT2D eigenvalue weighted by Crippen LogP contribution is 2.37. The van der Waals surface area contributed by atoms with Gasteiger partial charge in [-0.2, -0.15) is 0 Å². The predicted molar refractivity (Wildman–Crippen MR) is 78.5 cm³/mol. The lowest BCUT2D eigenvalue weighted by Crippen LogP contribution is -2.35. The minimum Gasteiger partial charge on any atom is -0.495 e. The van der Waals surface area contributed by atoms with Crippen LogP contribution in [0.3, 0.4) is 0 Å². The summed E-state index contributed by atoms with van der Waals surface area (Å²) in [7, 11) is 1.50. The second kappa shape index (κ2) is 6.31. The number of anilines is 2. The molecule has 0 unspecified atom stereocenters. The minimum absolute atomic E-state index is 0.133. The molecule has 0 saturated heterocycles. The second-order valence-electron chi connectivity index (χ2n) is 5.65. The lowest BCUT2D eigenvalue weighted by Gasteiger charge is -2.36. The third-order valence-electron chi connectivity index (χ3n) is 4.22. The Morgan fingerprint density at radius 1 is 1.35 bits per heavy atom. The minimum atomic E-state index is -0.396. The molecule has 0 bridgehead atoms. The summed E-state index contributed by atoms with van der Waals surface area (Å²) >= 11 is 0. The largest absolute Gasteiger partial charge is 0.495 e. The van der Waals surface area contributed by atoms with Crippen molar-refractivity contribution in [1.29, 1.82) is 0 Å². The van der Waals surface area contributed by atoms with E-state index in [-0.39, 0.29) is 17.7 Å². The zero-order chi connectivity index (χ0) is 14.6. The van der Waals surface area contributed by atoms with E-state index in [9.17, 15) is 9.50 Å². The van der Waals surface area contributed by atoms with Crippen molar-refractivity contribution in [2.24, 2.45) is 5.41 Å². The average Bonchev–Trinajstić information content (AvgIpc) is 2.47. The first-order chi connectivity index (χ1) is 9.60. The number of hydrogen-bond donors (Lipinski definition) is 3. The number of benzene rings is 1. The van der Waals surface area contributed by atoms with Crippen molar-refractivity contribution in [2.45, 2.75) is 32.1 Å². The van der Waals surface area contributed by atoms with Crippen molar-refractivity contribution in [3.8, 4) is 5.75 Å². The van der Waals surface area contributed by atoms with Gasteiger partial charge < -0.3 is 20.9 Å². The van der Waals surface area contributed by atoms with Gasteiger partial charge in [-0.05, 0) is 12.8 Å². The van der Waals surface area contributed by atoms with Crippen LogP contribution in [0.1, 0.15) is 32.1 Å². The standard InChI is InChI=1S/C15H23FN2O2/c1-20-14-8-13(11(16)7-12(14)17)18-9-15(10-19)5-3-2-4-6-15/h7-8,18-19H,2-6,9-10,17H2,1H3. The Labute approximate surface area is 119 Å². The fraction of sp³-hybridized carbons (Fsp3) is 0.600. The Morgan fingerprint density at radius 2 is 2.05 bits per heavy atom. The molecule has 1 fully saturated rings. The van der Waals surface area contributed by atoms with E-state index in [0.717, 1.165) is 25.7 Å². The molecule has 1 aromatic carbocycles. The highest BCUT2D eigenvalue weighted by atomic mass is 19.1. The Hall–Kier alpha value is -1.49. The topological polar surface area (TPSA) is 67.5 Å². The maximum atomic E-state index is 13.9. The van der Waals surface area contributed by atoms with Gasteiger partial charge in [0.1, 0.15) is 11.6 Å². The van der Waals surface area contributed by atoms with Gasteiger partial charge in [0.25, 0.3) is 0 Å². The summed E-state index contributed by atoms with van der Waals surface area (Å²) in [6.07, 6.45) is 5.41. The number of methoxy groups -OCH3 is 1. The fourth-order valence-electron chi connectivity index (χ4n) is 2.86. The van der Waals surface area contributed by atoms with Crippen LogP contribution >= 0.6 is 0 Å². The van der Waals surface area contributed by atoms with Crippen molar-refractivity contribution in [2.75, 3.05) is 31.3 Å². The van der Waals surface area contributed by atoms with Gasteiger partial charge >= 0.3 is 0 Å². The highest BCUT2D eigenvalue weighted by Gasteiger charge is 2.31. The molecule has 0 atom stereocenters. The van der Waals surface area contributed by atoms with Crippen molar-refractivity contribution >= 4 is 11.4 Å². The normalized spacial score (nSPS) is 17.8. The second-order valence-corrected chi connectivity index (χ2v) is 5.65. The number of aliphatic hydroxyl groups excluding tert-OH is 1. The lowest BCUT2D eigenvalue weighted by molar-refractivity contribution is 0.0943. The Balaban J connectivity index is 2.09. The van der Waals surface area contributed by atoms with Crippen LogP contribution in [0.4, 0.5) is 15.8 Å². The van der Waals surface area contributed by atoms with Crippen molar-refractivity contribution in [3.63, 3.8) is 0 Å². The number of nitrogen functional groups attached to an aromatic ring is 1. The van der Waals surface area contributed by atoms with Crippen LogP contribution in [-0.2, 0) is 0 Å². The first-order valence-electron chi connectivity index (χ1n) is 7.08. The van der Waals surface area contributed by atoms with E-state index >= 15 is 0 Å². The van der Waals surface area contributed by atoms with Crippen LogP contribution in [0.5, 0.6) is 5.75 Å². The number of halogens is 1. The molecule has 5 heteroatoms. The van der Waals surface area contributed by atoms with Crippen LogP contribution in [0.15, 0.2) is 12.1 Å². The summed E-state index contributed by atoms with van der Waals surface area (Å²) in [5, 5.41) is 12.8. The van der Waals surface area contributed by atoms with E-state index in [4.69, 9.17) is 10.5 Å². The number of hydrogen-bond acceptors (Lipinski definition) is 4. The molecule has 20 heavy (non-hydrogen) atoms. The van der Waals surface area contributed by atoms with Gasteiger partial charge in [0.2, 0.25) is 0 Å². The van der Waals surface area contributed by atoms with E-state index in [0.29, 0.717) is 18.0 Å². The molecule has 1 saturated carbocycles. The molecule has 0 radical (unpaired) electrons. The molecule has 1 aliphatic carbocycles. The van der Waals surface area contributed by atoms with E-state index in [1.165, 1.54) is 19.6 Å². The molecule has 0 amide bonds. The predicted octanol–water partition coefficient (Wildman–Crippen LogP) is 2.77. The quantitative estimate of drug-likeness (QED) is 0.726. The Kier molecular flexibility index (Phi) is 4.70. The monoisotopic (exact) mass is 282 g/mol. The number of rotatable bonds is 5. The first-order valence-corrected chi connectivity index (χ1v) is 7.08. The number of nitrogens with one attached hydrogen (secondary N) is 1. The van der Waals surface area contributed by atoms with Gasteiger partial charge in [0.15, 0.2) is 0 Å². The Bertz CT molecular complexity index is 459. The van der Waals surface area contributed by atoms with Crippen LogP contribution in [0, 0.1) is 11.2 Å². The molecule has 1 aliphatic rings. The third-order valence-corrected chi connectivity index (χ3v) is 4.22. The molecule has 4 nitrogen and oxygen atoms in total. The molecule has 0 aliphatic heterocycles. The van der Waals surface area contributed by atoms with Crippen molar-refractivity contribution in [3.05, 3.63) is 17.9 Å². The summed E-state index contributed by atoms with van der Waals surface area (Å²) in [6.45, 7) is 0.696. The van der Waals surface area contributed by atoms with Gasteiger partial charge in [0, 0.05) is 24.1 Å². The van der Waals surface area contributed by atoms with Crippen LogP contribution in [-0.4, -0.2) is 25.4 Å². The highest BCUT2D eigenvalue weighted by molar-refractivity contribution is 5.62. The summed E-state index contributed by atoms with van der Waals surface area (Å²) in [4.78, 5) is 0. The first kappa shape index (κ1) is 14.9. The van der Waals surface area contributed by atoms with Crippen molar-refractivity contribution in [1.82, 2.24) is 0 Å². The van der Waals surface area contributed by atoms with Crippen LogP contribution < -0.4 is 15.8 Å². The SMILES string of the molecule is COc1cc(NCC2(CO)CCCCC2)c(F)cc1N. The zero-order valence-electron chi connectivity index (χ0n) is 11.9. The molecule has 4 N–H and O–H groups in total. The molecule has 112 valence electrons. The van der Waals surface area contributed by atoms with E-state index < -0.39 is 5.82 Å². The van der Waals surface area contributed by atoms with E-state index in [2.05, 4.69) is 5.32 Å². The van der Waals surface area contributed by atoms with Gasteiger partial charge in [0.05, 0.1) is 25.1 Å². The third kappa shape index (κ3) is 3.15. The fourth-order valence-corrected chi connectivity index (χ4v) is 2.86. The number of nitrogens with two attached hydrogens (primary N) is 1. The van der Waals surface area contributed by atoms with Crippen molar-refractivity contribution < 1.29 is 14.2 Å². The molecule has 1 aromatic rings. The molecular weight excluding hydrogens is 259 g/mol. The maximum Gasteiger partial charge on any atom is 0.148 e. The van der Waals surface area contributed by atoms with Gasteiger partial charge in [-0.25, -0.2) is 4.39 Å². The molecule has 2 rings (SSSR count). The van der Waals surface area contributed by atoms with E-state index in [1.807, 2.05) is 0 Å². The van der Waals surface area contributed by atoms with Crippen LogP contribution in [0.2, 0.25) is 0 Å². The molecule has 0 heterocycles. The Morgan fingerprint density at radius 3 is 2.65 bits per heavy atom. The van der Waals surface area contributed by atoms with Gasteiger partial charge in [-0.3, -0.25) is 0 Å². The smallest absolute Gasteiger partial charge is 0.148 e. The lowest BCUT2D eigenvalue weighted by atomic mass is 9.74. The molecular formula is C15H23FN2O2. The summed E-state index contributed by atoms with van der Waals surface area (Å²) in [5.41, 5.74) is 6.17. The number of ether oxygens (including phenoxy) is 1.